The van der Waals surface area contributed by atoms with E-state index in [1.807, 2.05) is 13.8 Å². The van der Waals surface area contributed by atoms with Gasteiger partial charge in [-0.25, -0.2) is 0 Å². The zero-order valence-corrected chi connectivity index (χ0v) is 8.91. The van der Waals surface area contributed by atoms with E-state index in [1.165, 1.54) is 0 Å². The normalized spacial score (nSPS) is 20.8. The topological polar surface area (TPSA) is 60.7 Å². The van der Waals surface area contributed by atoms with E-state index in [0.717, 1.165) is 24.0 Å². The Hall–Kier alpha value is -0.640. The van der Waals surface area contributed by atoms with Crippen molar-refractivity contribution >= 4 is 0 Å². The molecule has 0 aromatic heterocycles. The summed E-state index contributed by atoms with van der Waals surface area (Å²) >= 11 is 0. The molecule has 1 aliphatic rings. The zero-order chi connectivity index (χ0) is 10.9. The summed E-state index contributed by atoms with van der Waals surface area (Å²) in [4.78, 5) is 0. The molecule has 0 fully saturated rings. The van der Waals surface area contributed by atoms with Gasteiger partial charge in [0.2, 0.25) is 0 Å². The van der Waals surface area contributed by atoms with E-state index >= 15 is 0 Å². The first-order valence-electron chi connectivity index (χ1n) is 4.89. The highest BCUT2D eigenvalue weighted by Crippen LogP contribution is 2.33. The maximum Gasteiger partial charge on any atom is 0.178 e. The molecule has 0 saturated heterocycles. The van der Waals surface area contributed by atoms with E-state index < -0.39 is 12.4 Å². The molecule has 0 aromatic carbocycles. The molecule has 0 heterocycles. The average Bonchev–Trinajstić information content (AvgIpc) is 2.07. The zero-order valence-electron chi connectivity index (χ0n) is 8.91. The van der Waals surface area contributed by atoms with Gasteiger partial charge in [0.05, 0.1) is 6.10 Å². The van der Waals surface area contributed by atoms with Gasteiger partial charge in [0.1, 0.15) is 0 Å². The van der Waals surface area contributed by atoms with E-state index in [4.69, 9.17) is 0 Å². The maximum atomic E-state index is 9.57. The first-order valence-corrected chi connectivity index (χ1v) is 4.89. The fraction of sp³-hybridized carbons (Fsp3) is 0.636. The summed E-state index contributed by atoms with van der Waals surface area (Å²) in [6.45, 7) is 5.46. The van der Waals surface area contributed by atoms with E-state index in [2.05, 4.69) is 0 Å². The van der Waals surface area contributed by atoms with E-state index in [1.54, 1.807) is 6.92 Å². The lowest BCUT2D eigenvalue weighted by Gasteiger charge is -2.26. The van der Waals surface area contributed by atoms with Crippen molar-refractivity contribution in [1.29, 1.82) is 0 Å². The van der Waals surface area contributed by atoms with Gasteiger partial charge in [-0.1, -0.05) is 11.1 Å². The van der Waals surface area contributed by atoms with Crippen LogP contribution < -0.4 is 0 Å². The Labute approximate surface area is 84.4 Å². The maximum absolute atomic E-state index is 9.57. The van der Waals surface area contributed by atoms with Crippen LogP contribution in [0.4, 0.5) is 0 Å². The third-order valence-electron chi connectivity index (χ3n) is 2.76. The lowest BCUT2D eigenvalue weighted by molar-refractivity contribution is -0.00917. The second kappa shape index (κ2) is 4.26. The average molecular weight is 198 g/mol. The summed E-state index contributed by atoms with van der Waals surface area (Å²) in [6.07, 6.45) is -0.381. The summed E-state index contributed by atoms with van der Waals surface area (Å²) in [6, 6.07) is 0. The molecule has 3 heteroatoms. The SMILES string of the molecule is CC1=C(C(C)O)C(C(O)O)=C(C)CC1. The second-order valence-electron chi connectivity index (χ2n) is 3.94. The number of allylic oxidation sites excluding steroid dienone is 2. The molecular weight excluding hydrogens is 180 g/mol. The molecule has 0 radical (unpaired) electrons. The lowest BCUT2D eigenvalue weighted by Crippen LogP contribution is -2.22. The van der Waals surface area contributed by atoms with Gasteiger partial charge in [0.15, 0.2) is 6.29 Å². The number of rotatable bonds is 2. The van der Waals surface area contributed by atoms with Gasteiger partial charge in [-0.3, -0.25) is 0 Å². The minimum Gasteiger partial charge on any atom is -0.389 e. The minimum absolute atomic E-state index is 0.503. The van der Waals surface area contributed by atoms with Crippen molar-refractivity contribution in [2.24, 2.45) is 0 Å². The molecule has 1 unspecified atom stereocenters. The minimum atomic E-state index is -1.48. The number of hydrogen-bond donors (Lipinski definition) is 3. The van der Waals surface area contributed by atoms with Gasteiger partial charge in [-0.05, 0) is 39.2 Å². The molecule has 80 valence electrons. The third kappa shape index (κ3) is 2.05. The van der Waals surface area contributed by atoms with Crippen LogP contribution in [-0.4, -0.2) is 27.7 Å². The van der Waals surface area contributed by atoms with Gasteiger partial charge >= 0.3 is 0 Å². The summed E-state index contributed by atoms with van der Waals surface area (Å²) < 4.78 is 0. The fourth-order valence-electron chi connectivity index (χ4n) is 2.05. The molecule has 3 N–H and O–H groups in total. The predicted octanol–water partition coefficient (Wildman–Crippen LogP) is 1.10. The molecule has 0 amide bonds. The predicted molar refractivity (Wildman–Crippen MR) is 54.5 cm³/mol. The Morgan fingerprint density at radius 1 is 0.929 bits per heavy atom. The molecule has 0 spiro atoms. The molecule has 1 rings (SSSR count). The molecule has 0 aromatic rings. The van der Waals surface area contributed by atoms with Gasteiger partial charge in [-0.15, -0.1) is 0 Å². The van der Waals surface area contributed by atoms with Crippen molar-refractivity contribution in [3.8, 4) is 0 Å². The van der Waals surface area contributed by atoms with Crippen LogP contribution in [0, 0.1) is 0 Å². The number of hydrogen-bond acceptors (Lipinski definition) is 3. The first kappa shape index (κ1) is 11.4. The van der Waals surface area contributed by atoms with Crippen molar-refractivity contribution in [3.63, 3.8) is 0 Å². The lowest BCUT2D eigenvalue weighted by atomic mass is 9.84. The van der Waals surface area contributed by atoms with Crippen molar-refractivity contribution in [3.05, 3.63) is 22.3 Å². The van der Waals surface area contributed by atoms with Crippen LogP contribution in [0.5, 0.6) is 0 Å². The largest absolute Gasteiger partial charge is 0.389 e. The smallest absolute Gasteiger partial charge is 0.178 e. The molecule has 1 aliphatic carbocycles. The fourth-order valence-corrected chi connectivity index (χ4v) is 2.05. The highest BCUT2D eigenvalue weighted by molar-refractivity contribution is 5.44. The molecular formula is C11H18O3. The second-order valence-corrected chi connectivity index (χ2v) is 3.94. The van der Waals surface area contributed by atoms with E-state index in [0.29, 0.717) is 11.1 Å². The first-order chi connectivity index (χ1) is 6.45. The standard InChI is InChI=1S/C11H18O3/c1-6-4-5-7(2)10(11(13)14)9(6)8(3)12/h8,11-14H,4-5H2,1-3H3. The van der Waals surface area contributed by atoms with Crippen molar-refractivity contribution in [2.45, 2.75) is 46.0 Å². The van der Waals surface area contributed by atoms with Crippen molar-refractivity contribution in [2.75, 3.05) is 0 Å². The highest BCUT2D eigenvalue weighted by atomic mass is 16.5. The monoisotopic (exact) mass is 198 g/mol. The van der Waals surface area contributed by atoms with Crippen molar-refractivity contribution in [1.82, 2.24) is 0 Å². The summed E-state index contributed by atoms with van der Waals surface area (Å²) in [5.74, 6) is 0. The Morgan fingerprint density at radius 2 is 1.36 bits per heavy atom. The van der Waals surface area contributed by atoms with Crippen LogP contribution in [-0.2, 0) is 0 Å². The molecule has 0 bridgehead atoms. The quantitative estimate of drug-likeness (QED) is 0.582. The molecule has 14 heavy (non-hydrogen) atoms. The summed E-state index contributed by atoms with van der Waals surface area (Å²) in [5.41, 5.74) is 3.21. The highest BCUT2D eigenvalue weighted by Gasteiger charge is 2.24. The summed E-state index contributed by atoms with van der Waals surface area (Å²) in [5, 5.41) is 28.0. The van der Waals surface area contributed by atoms with Crippen LogP contribution in [0.2, 0.25) is 0 Å². The van der Waals surface area contributed by atoms with Crippen LogP contribution in [0.3, 0.4) is 0 Å². The van der Waals surface area contributed by atoms with Crippen LogP contribution in [0.25, 0.3) is 0 Å². The van der Waals surface area contributed by atoms with Gasteiger partial charge in [-0.2, -0.15) is 0 Å². The third-order valence-corrected chi connectivity index (χ3v) is 2.76. The Morgan fingerprint density at radius 3 is 1.64 bits per heavy atom. The molecule has 0 aliphatic heterocycles. The van der Waals surface area contributed by atoms with E-state index in [-0.39, 0.29) is 0 Å². The van der Waals surface area contributed by atoms with Crippen LogP contribution in [0.15, 0.2) is 22.3 Å². The Bertz CT molecular complexity index is 255. The molecule has 3 nitrogen and oxygen atoms in total. The summed E-state index contributed by atoms with van der Waals surface area (Å²) in [7, 11) is 0. The van der Waals surface area contributed by atoms with E-state index in [9.17, 15) is 15.3 Å². The van der Waals surface area contributed by atoms with Crippen LogP contribution in [0.1, 0.15) is 33.6 Å². The molecule has 0 saturated carbocycles. The van der Waals surface area contributed by atoms with Crippen LogP contribution >= 0.6 is 0 Å². The van der Waals surface area contributed by atoms with Crippen molar-refractivity contribution < 1.29 is 15.3 Å². The Balaban J connectivity index is 3.18. The Kier molecular flexibility index (Phi) is 3.48. The molecule has 1 atom stereocenters. The van der Waals surface area contributed by atoms with Gasteiger partial charge in [0.25, 0.3) is 0 Å². The number of aliphatic hydroxyl groups excluding tert-OH is 2. The van der Waals surface area contributed by atoms with Gasteiger partial charge in [0, 0.05) is 5.57 Å². The number of aliphatic hydroxyl groups is 3. The van der Waals surface area contributed by atoms with Gasteiger partial charge < -0.3 is 15.3 Å².